The van der Waals surface area contributed by atoms with Gasteiger partial charge in [-0.1, -0.05) is 26.2 Å². The van der Waals surface area contributed by atoms with E-state index < -0.39 is 0 Å². The molecule has 0 aromatic carbocycles. The molecule has 1 aromatic heterocycles. The lowest BCUT2D eigenvalue weighted by molar-refractivity contribution is 0.0675. The van der Waals surface area contributed by atoms with Gasteiger partial charge in [0.15, 0.2) is 0 Å². The Morgan fingerprint density at radius 3 is 3.00 bits per heavy atom. The predicted octanol–water partition coefficient (Wildman–Crippen LogP) is 3.70. The van der Waals surface area contributed by atoms with Crippen molar-refractivity contribution >= 4 is 11.3 Å². The Morgan fingerprint density at radius 2 is 2.38 bits per heavy atom. The van der Waals surface area contributed by atoms with Crippen LogP contribution in [0.2, 0.25) is 0 Å². The summed E-state index contributed by atoms with van der Waals surface area (Å²) in [6.07, 6.45) is 5.88. The number of aliphatic hydroxyl groups is 1. The largest absolute Gasteiger partial charge is 0.386 e. The van der Waals surface area contributed by atoms with Crippen molar-refractivity contribution in [2.75, 3.05) is 0 Å². The summed E-state index contributed by atoms with van der Waals surface area (Å²) < 4.78 is 0. The second kappa shape index (κ2) is 5.28. The van der Waals surface area contributed by atoms with Crippen molar-refractivity contribution in [3.63, 3.8) is 0 Å². The third-order valence-corrected chi connectivity index (χ3v) is 4.77. The standard InChI is InChI=1S/C13H21NOS/c1-3-10-5-4-6-11(7-10)12(15)13-14-9(2)8-16-13/h8,10-12,15H,3-7H2,1-2H3. The van der Waals surface area contributed by atoms with Crippen molar-refractivity contribution < 1.29 is 5.11 Å². The topological polar surface area (TPSA) is 33.1 Å². The molecule has 3 atom stereocenters. The smallest absolute Gasteiger partial charge is 0.122 e. The molecule has 1 N–H and O–H groups in total. The number of aryl methyl sites for hydroxylation is 1. The maximum absolute atomic E-state index is 10.3. The Morgan fingerprint density at radius 1 is 1.56 bits per heavy atom. The number of aromatic nitrogens is 1. The quantitative estimate of drug-likeness (QED) is 0.872. The molecular weight excluding hydrogens is 218 g/mol. The van der Waals surface area contributed by atoms with Crippen LogP contribution in [0, 0.1) is 18.8 Å². The van der Waals surface area contributed by atoms with E-state index in [2.05, 4.69) is 11.9 Å². The molecule has 0 aliphatic heterocycles. The molecule has 1 heterocycles. The van der Waals surface area contributed by atoms with Gasteiger partial charge in [0.2, 0.25) is 0 Å². The molecule has 90 valence electrons. The zero-order valence-corrected chi connectivity index (χ0v) is 11.0. The lowest BCUT2D eigenvalue weighted by Crippen LogP contribution is -2.21. The fourth-order valence-corrected chi connectivity index (χ4v) is 3.57. The first kappa shape index (κ1) is 12.1. The number of rotatable bonds is 3. The van der Waals surface area contributed by atoms with Crippen molar-refractivity contribution in [3.8, 4) is 0 Å². The van der Waals surface area contributed by atoms with Crippen LogP contribution in [0.5, 0.6) is 0 Å². The summed E-state index contributed by atoms with van der Waals surface area (Å²) >= 11 is 1.60. The molecule has 1 fully saturated rings. The summed E-state index contributed by atoms with van der Waals surface area (Å²) in [6.45, 7) is 4.25. The van der Waals surface area contributed by atoms with Gasteiger partial charge in [0.05, 0.1) is 0 Å². The molecule has 16 heavy (non-hydrogen) atoms. The van der Waals surface area contributed by atoms with Crippen molar-refractivity contribution in [1.29, 1.82) is 0 Å². The van der Waals surface area contributed by atoms with Crippen LogP contribution in [-0.2, 0) is 0 Å². The van der Waals surface area contributed by atoms with E-state index >= 15 is 0 Å². The minimum atomic E-state index is -0.326. The van der Waals surface area contributed by atoms with Crippen molar-refractivity contribution in [2.24, 2.45) is 11.8 Å². The van der Waals surface area contributed by atoms with Crippen LogP contribution in [0.3, 0.4) is 0 Å². The highest BCUT2D eigenvalue weighted by molar-refractivity contribution is 7.09. The highest BCUT2D eigenvalue weighted by Crippen LogP contribution is 2.38. The van der Waals surface area contributed by atoms with E-state index in [-0.39, 0.29) is 6.10 Å². The SMILES string of the molecule is CCC1CCCC(C(O)c2nc(C)cs2)C1. The molecule has 0 bridgehead atoms. The third-order valence-electron chi connectivity index (χ3n) is 3.74. The molecule has 0 spiro atoms. The minimum absolute atomic E-state index is 0.326. The minimum Gasteiger partial charge on any atom is -0.386 e. The van der Waals surface area contributed by atoms with E-state index in [1.807, 2.05) is 12.3 Å². The fraction of sp³-hybridized carbons (Fsp3) is 0.769. The Bertz CT molecular complexity index is 336. The molecule has 0 amide bonds. The highest BCUT2D eigenvalue weighted by Gasteiger charge is 2.28. The first-order chi connectivity index (χ1) is 7.70. The van der Waals surface area contributed by atoms with Gasteiger partial charge in [-0.2, -0.15) is 0 Å². The van der Waals surface area contributed by atoms with Gasteiger partial charge in [0, 0.05) is 11.1 Å². The van der Waals surface area contributed by atoms with E-state index in [0.29, 0.717) is 5.92 Å². The first-order valence-corrected chi connectivity index (χ1v) is 7.18. The first-order valence-electron chi connectivity index (χ1n) is 6.30. The van der Waals surface area contributed by atoms with Gasteiger partial charge < -0.3 is 5.11 Å². The molecule has 0 radical (unpaired) electrons. The molecule has 0 saturated heterocycles. The maximum Gasteiger partial charge on any atom is 0.122 e. The average Bonchev–Trinajstić information content (AvgIpc) is 2.75. The van der Waals surface area contributed by atoms with Crippen LogP contribution in [-0.4, -0.2) is 10.1 Å². The number of aliphatic hydroxyl groups excluding tert-OH is 1. The van der Waals surface area contributed by atoms with Crippen LogP contribution < -0.4 is 0 Å². The molecular formula is C13H21NOS. The van der Waals surface area contributed by atoms with E-state index in [0.717, 1.165) is 23.0 Å². The molecule has 3 unspecified atom stereocenters. The van der Waals surface area contributed by atoms with E-state index in [4.69, 9.17) is 0 Å². The lowest BCUT2D eigenvalue weighted by atomic mass is 9.78. The van der Waals surface area contributed by atoms with Gasteiger partial charge >= 0.3 is 0 Å². The van der Waals surface area contributed by atoms with Crippen LogP contribution in [0.1, 0.15) is 55.8 Å². The van der Waals surface area contributed by atoms with Gasteiger partial charge in [-0.05, 0) is 31.6 Å². The zero-order valence-electron chi connectivity index (χ0n) is 10.1. The summed E-state index contributed by atoms with van der Waals surface area (Å²) in [5, 5.41) is 13.3. The van der Waals surface area contributed by atoms with Gasteiger partial charge in [0.1, 0.15) is 11.1 Å². The molecule has 1 aliphatic rings. The molecule has 2 rings (SSSR count). The highest BCUT2D eigenvalue weighted by atomic mass is 32.1. The van der Waals surface area contributed by atoms with Gasteiger partial charge in [-0.15, -0.1) is 11.3 Å². The molecule has 2 nitrogen and oxygen atoms in total. The average molecular weight is 239 g/mol. The number of hydrogen-bond donors (Lipinski definition) is 1. The molecule has 1 saturated carbocycles. The van der Waals surface area contributed by atoms with E-state index in [1.165, 1.54) is 25.7 Å². The molecule has 1 aliphatic carbocycles. The van der Waals surface area contributed by atoms with Crippen LogP contribution in [0.15, 0.2) is 5.38 Å². The summed E-state index contributed by atoms with van der Waals surface area (Å²) in [7, 11) is 0. The van der Waals surface area contributed by atoms with Gasteiger partial charge in [-0.3, -0.25) is 0 Å². The number of thiazole rings is 1. The summed E-state index contributed by atoms with van der Waals surface area (Å²) in [5.41, 5.74) is 1.03. The van der Waals surface area contributed by atoms with Gasteiger partial charge in [-0.25, -0.2) is 4.98 Å². The maximum atomic E-state index is 10.3. The Labute approximate surface area is 102 Å². The predicted molar refractivity (Wildman–Crippen MR) is 67.5 cm³/mol. The lowest BCUT2D eigenvalue weighted by Gasteiger charge is -2.30. The van der Waals surface area contributed by atoms with Crippen LogP contribution in [0.25, 0.3) is 0 Å². The second-order valence-corrected chi connectivity index (χ2v) is 5.86. The van der Waals surface area contributed by atoms with Crippen LogP contribution >= 0.6 is 11.3 Å². The van der Waals surface area contributed by atoms with Gasteiger partial charge in [0.25, 0.3) is 0 Å². The Balaban J connectivity index is 2.01. The van der Waals surface area contributed by atoms with Crippen molar-refractivity contribution in [2.45, 2.75) is 52.1 Å². The number of hydrogen-bond acceptors (Lipinski definition) is 3. The number of nitrogens with zero attached hydrogens (tertiary/aromatic N) is 1. The summed E-state index contributed by atoms with van der Waals surface area (Å²) in [5.74, 6) is 1.25. The van der Waals surface area contributed by atoms with E-state index in [1.54, 1.807) is 11.3 Å². The van der Waals surface area contributed by atoms with E-state index in [9.17, 15) is 5.11 Å². The fourth-order valence-electron chi connectivity index (χ4n) is 2.70. The Kier molecular flexibility index (Phi) is 3.98. The zero-order chi connectivity index (χ0) is 11.5. The van der Waals surface area contributed by atoms with Crippen molar-refractivity contribution in [1.82, 2.24) is 4.98 Å². The monoisotopic (exact) mass is 239 g/mol. The molecule has 3 heteroatoms. The van der Waals surface area contributed by atoms with Crippen LogP contribution in [0.4, 0.5) is 0 Å². The second-order valence-electron chi connectivity index (χ2n) is 4.97. The normalized spacial score (nSPS) is 27.9. The summed E-state index contributed by atoms with van der Waals surface area (Å²) in [6, 6.07) is 0. The third kappa shape index (κ3) is 2.64. The summed E-state index contributed by atoms with van der Waals surface area (Å²) in [4.78, 5) is 4.41. The van der Waals surface area contributed by atoms with Crippen molar-refractivity contribution in [3.05, 3.63) is 16.1 Å². The molecule has 1 aromatic rings. The Hall–Kier alpha value is -0.410.